The number of esters is 1. The summed E-state index contributed by atoms with van der Waals surface area (Å²) in [5.41, 5.74) is 0.639. The van der Waals surface area contributed by atoms with Crippen LogP contribution in [0.3, 0.4) is 0 Å². The molecule has 7 nitrogen and oxygen atoms in total. The van der Waals surface area contributed by atoms with Crippen LogP contribution in [0, 0.1) is 5.82 Å². The second-order valence-corrected chi connectivity index (χ2v) is 8.39. The molecule has 0 unspecified atom stereocenters. The maximum atomic E-state index is 13.8. The number of fused-ring (bicyclic) bond motifs is 1. The van der Waals surface area contributed by atoms with Crippen LogP contribution in [0.1, 0.15) is 35.8 Å². The second kappa shape index (κ2) is 10.4. The number of ether oxygens (including phenoxy) is 1. The van der Waals surface area contributed by atoms with Gasteiger partial charge in [0.1, 0.15) is 10.8 Å². The maximum Gasteiger partial charge on any atom is 0.359 e. The van der Waals surface area contributed by atoms with Gasteiger partial charge in [0.2, 0.25) is 5.91 Å². The molecule has 0 fully saturated rings. The van der Waals surface area contributed by atoms with Crippen molar-refractivity contribution in [2.24, 2.45) is 0 Å². The zero-order valence-electron chi connectivity index (χ0n) is 18.4. The standard InChI is InChI=1S/C25H22FN3O4S/c1-2-33-25(32)22-19-15-34-23(27-20(30)13-6-10-16-8-4-3-5-9-16)21(19)24(31)29(28-22)18-12-7-11-17(26)14-18/h3-5,7-9,11-12,14-15H,2,6,10,13H2,1H3,(H,27,30). The molecule has 0 saturated heterocycles. The van der Waals surface area contributed by atoms with Gasteiger partial charge in [0.05, 0.1) is 17.7 Å². The lowest BCUT2D eigenvalue weighted by atomic mass is 10.1. The molecule has 0 radical (unpaired) electrons. The Hall–Kier alpha value is -3.85. The Kier molecular flexibility index (Phi) is 7.12. The second-order valence-electron chi connectivity index (χ2n) is 7.51. The molecule has 2 aromatic heterocycles. The van der Waals surface area contributed by atoms with Crippen molar-refractivity contribution in [1.82, 2.24) is 9.78 Å². The van der Waals surface area contributed by atoms with Crippen LogP contribution in [0.25, 0.3) is 16.5 Å². The molecule has 174 valence electrons. The number of amides is 1. The number of nitrogens with zero attached hydrogens (tertiary/aromatic N) is 2. The van der Waals surface area contributed by atoms with Crippen LogP contribution in [0.15, 0.2) is 64.8 Å². The number of nitrogens with one attached hydrogen (secondary N) is 1. The molecule has 0 aliphatic carbocycles. The molecule has 0 spiro atoms. The van der Waals surface area contributed by atoms with Crippen molar-refractivity contribution < 1.29 is 18.7 Å². The Morgan fingerprint density at radius 2 is 1.94 bits per heavy atom. The third kappa shape index (κ3) is 5.04. The van der Waals surface area contributed by atoms with Gasteiger partial charge in [-0.25, -0.2) is 9.18 Å². The molecule has 1 amide bonds. The maximum absolute atomic E-state index is 13.8. The van der Waals surface area contributed by atoms with Crippen molar-refractivity contribution in [3.8, 4) is 5.69 Å². The summed E-state index contributed by atoms with van der Waals surface area (Å²) >= 11 is 1.12. The summed E-state index contributed by atoms with van der Waals surface area (Å²) in [7, 11) is 0. The molecule has 2 heterocycles. The predicted molar refractivity (Wildman–Crippen MR) is 129 cm³/mol. The highest BCUT2D eigenvalue weighted by Crippen LogP contribution is 2.31. The van der Waals surface area contributed by atoms with E-state index in [9.17, 15) is 18.8 Å². The van der Waals surface area contributed by atoms with Gasteiger partial charge < -0.3 is 10.1 Å². The van der Waals surface area contributed by atoms with Gasteiger partial charge in [0.15, 0.2) is 5.69 Å². The number of hydrogen-bond donors (Lipinski definition) is 1. The van der Waals surface area contributed by atoms with Gasteiger partial charge in [-0.15, -0.1) is 11.3 Å². The average molecular weight is 480 g/mol. The van der Waals surface area contributed by atoms with Crippen LogP contribution in [-0.4, -0.2) is 28.3 Å². The van der Waals surface area contributed by atoms with Crippen LogP contribution < -0.4 is 10.9 Å². The van der Waals surface area contributed by atoms with Crippen LogP contribution >= 0.6 is 11.3 Å². The van der Waals surface area contributed by atoms with E-state index in [-0.39, 0.29) is 41.1 Å². The molecule has 0 bridgehead atoms. The first-order valence-corrected chi connectivity index (χ1v) is 11.7. The summed E-state index contributed by atoms with van der Waals surface area (Å²) in [5.74, 6) is -1.51. The summed E-state index contributed by atoms with van der Waals surface area (Å²) in [4.78, 5) is 38.5. The minimum atomic E-state index is -0.712. The average Bonchev–Trinajstić information content (AvgIpc) is 3.24. The highest BCUT2D eigenvalue weighted by Gasteiger charge is 2.23. The monoisotopic (exact) mass is 479 g/mol. The fraction of sp³-hybridized carbons (Fsp3) is 0.200. The lowest BCUT2D eigenvalue weighted by molar-refractivity contribution is -0.116. The third-order valence-electron chi connectivity index (χ3n) is 5.14. The van der Waals surface area contributed by atoms with E-state index < -0.39 is 17.3 Å². The number of thiophene rings is 1. The number of hydrogen-bond acceptors (Lipinski definition) is 6. The Labute approximate surface area is 198 Å². The van der Waals surface area contributed by atoms with Gasteiger partial charge >= 0.3 is 5.97 Å². The zero-order chi connectivity index (χ0) is 24.1. The molecule has 2 aromatic carbocycles. The third-order valence-corrected chi connectivity index (χ3v) is 6.03. The highest BCUT2D eigenvalue weighted by atomic mass is 32.1. The fourth-order valence-electron chi connectivity index (χ4n) is 3.56. The number of rotatable bonds is 8. The van der Waals surface area contributed by atoms with Crippen molar-refractivity contribution in [2.75, 3.05) is 11.9 Å². The first-order valence-electron chi connectivity index (χ1n) is 10.8. The first-order chi connectivity index (χ1) is 16.5. The SMILES string of the molecule is CCOC(=O)c1nn(-c2cccc(F)c2)c(=O)c2c(NC(=O)CCCc3ccccc3)scc12. The van der Waals surface area contributed by atoms with E-state index in [0.29, 0.717) is 11.4 Å². The number of benzene rings is 2. The number of carbonyl (C=O) groups excluding carboxylic acids is 2. The topological polar surface area (TPSA) is 90.3 Å². The Morgan fingerprint density at radius 3 is 2.68 bits per heavy atom. The summed E-state index contributed by atoms with van der Waals surface area (Å²) in [6.45, 7) is 1.78. The summed E-state index contributed by atoms with van der Waals surface area (Å²) in [6, 6.07) is 15.2. The van der Waals surface area contributed by atoms with E-state index in [2.05, 4.69) is 10.4 Å². The van der Waals surface area contributed by atoms with Crippen molar-refractivity contribution in [2.45, 2.75) is 26.2 Å². The Balaban J connectivity index is 1.67. The number of carbonyl (C=O) groups is 2. The number of aromatic nitrogens is 2. The molecule has 34 heavy (non-hydrogen) atoms. The zero-order valence-corrected chi connectivity index (χ0v) is 19.2. The van der Waals surface area contributed by atoms with E-state index in [0.717, 1.165) is 34.1 Å². The van der Waals surface area contributed by atoms with E-state index >= 15 is 0 Å². The minimum Gasteiger partial charge on any atom is -0.461 e. The molecule has 0 atom stereocenters. The number of halogens is 1. The van der Waals surface area contributed by atoms with Crippen molar-refractivity contribution in [1.29, 1.82) is 0 Å². The van der Waals surface area contributed by atoms with Gasteiger partial charge in [-0.1, -0.05) is 36.4 Å². The molecule has 0 aliphatic rings. The molecule has 4 aromatic rings. The summed E-state index contributed by atoms with van der Waals surface area (Å²) in [5, 5.41) is 9.26. The van der Waals surface area contributed by atoms with E-state index in [4.69, 9.17) is 4.74 Å². The van der Waals surface area contributed by atoms with Crippen molar-refractivity contribution >= 4 is 39.0 Å². The molecular formula is C25H22FN3O4S. The van der Waals surface area contributed by atoms with E-state index in [1.807, 2.05) is 30.3 Å². The lowest BCUT2D eigenvalue weighted by Gasteiger charge is -2.10. The van der Waals surface area contributed by atoms with E-state index in [1.54, 1.807) is 12.3 Å². The first kappa shape index (κ1) is 23.3. The largest absolute Gasteiger partial charge is 0.461 e. The van der Waals surface area contributed by atoms with Crippen LogP contribution in [0.5, 0.6) is 0 Å². The summed E-state index contributed by atoms with van der Waals surface area (Å²) in [6.07, 6.45) is 1.66. The van der Waals surface area contributed by atoms with Crippen LogP contribution in [0.4, 0.5) is 9.39 Å². The minimum absolute atomic E-state index is 0.0819. The van der Waals surface area contributed by atoms with Gasteiger partial charge in [0, 0.05) is 17.2 Å². The van der Waals surface area contributed by atoms with Crippen LogP contribution in [-0.2, 0) is 16.0 Å². The Bertz CT molecular complexity index is 1400. The lowest BCUT2D eigenvalue weighted by Crippen LogP contribution is -2.25. The molecule has 0 aliphatic heterocycles. The van der Waals surface area contributed by atoms with Gasteiger partial charge in [0.25, 0.3) is 5.56 Å². The molecule has 0 saturated carbocycles. The smallest absolute Gasteiger partial charge is 0.359 e. The fourth-order valence-corrected chi connectivity index (χ4v) is 4.51. The Morgan fingerprint density at radius 1 is 1.15 bits per heavy atom. The van der Waals surface area contributed by atoms with Gasteiger partial charge in [-0.05, 0) is 43.5 Å². The normalized spacial score (nSPS) is 10.9. The molecule has 9 heteroatoms. The molecule has 1 N–H and O–H groups in total. The molecular weight excluding hydrogens is 457 g/mol. The predicted octanol–water partition coefficient (Wildman–Crippen LogP) is 4.72. The highest BCUT2D eigenvalue weighted by molar-refractivity contribution is 7.16. The van der Waals surface area contributed by atoms with E-state index in [1.165, 1.54) is 18.2 Å². The molecule has 4 rings (SSSR count). The van der Waals surface area contributed by atoms with Crippen LogP contribution in [0.2, 0.25) is 0 Å². The quantitative estimate of drug-likeness (QED) is 0.369. The van der Waals surface area contributed by atoms with Gasteiger partial charge in [-0.3, -0.25) is 9.59 Å². The number of aryl methyl sites for hydroxylation is 1. The number of anilines is 1. The van der Waals surface area contributed by atoms with Crippen molar-refractivity contribution in [3.05, 3.63) is 87.4 Å². The van der Waals surface area contributed by atoms with Crippen molar-refractivity contribution in [3.63, 3.8) is 0 Å². The van der Waals surface area contributed by atoms with Gasteiger partial charge in [-0.2, -0.15) is 9.78 Å². The summed E-state index contributed by atoms with van der Waals surface area (Å²) < 4.78 is 19.9.